The second-order valence-electron chi connectivity index (χ2n) is 4.50. The normalized spacial score (nSPS) is 25.3. The van der Waals surface area contributed by atoms with Gasteiger partial charge in [0.05, 0.1) is 11.9 Å². The summed E-state index contributed by atoms with van der Waals surface area (Å²) >= 11 is 0. The van der Waals surface area contributed by atoms with Crippen LogP contribution in [0.25, 0.3) is 0 Å². The maximum Gasteiger partial charge on any atom is 0.213 e. The highest BCUT2D eigenvalue weighted by atomic mass is 32.2. The Morgan fingerprint density at radius 1 is 1.29 bits per heavy atom. The van der Waals surface area contributed by atoms with Crippen molar-refractivity contribution >= 4 is 10.0 Å². The standard InChI is InChI=1S/C11H24N2O3S/c1-3-7-12-8-9-17(14,15)13-10-5-4-6-11(10)16-2/h10-13H,3-9H2,1-2H3. The van der Waals surface area contributed by atoms with E-state index in [0.717, 1.165) is 32.2 Å². The van der Waals surface area contributed by atoms with Crippen LogP contribution in [-0.4, -0.2) is 46.5 Å². The van der Waals surface area contributed by atoms with Crippen LogP contribution in [0.15, 0.2) is 0 Å². The maximum absolute atomic E-state index is 11.8. The van der Waals surface area contributed by atoms with Crippen LogP contribution in [0.4, 0.5) is 0 Å². The maximum atomic E-state index is 11.8. The van der Waals surface area contributed by atoms with Gasteiger partial charge in [0.25, 0.3) is 0 Å². The van der Waals surface area contributed by atoms with Gasteiger partial charge in [0.2, 0.25) is 10.0 Å². The summed E-state index contributed by atoms with van der Waals surface area (Å²) in [6.07, 6.45) is 3.90. The number of hydrogen-bond acceptors (Lipinski definition) is 4. The lowest BCUT2D eigenvalue weighted by Gasteiger charge is -2.19. The Hall–Kier alpha value is -0.170. The van der Waals surface area contributed by atoms with Crippen LogP contribution in [-0.2, 0) is 14.8 Å². The third kappa shape index (κ3) is 5.33. The quantitative estimate of drug-likeness (QED) is 0.626. The second-order valence-corrected chi connectivity index (χ2v) is 6.37. The van der Waals surface area contributed by atoms with E-state index in [1.807, 2.05) is 0 Å². The topological polar surface area (TPSA) is 67.4 Å². The predicted octanol–water partition coefficient (Wildman–Crippen LogP) is 0.473. The molecule has 1 aliphatic rings. The van der Waals surface area contributed by atoms with E-state index in [1.54, 1.807) is 7.11 Å². The van der Waals surface area contributed by atoms with Crippen LogP contribution >= 0.6 is 0 Å². The molecule has 0 heterocycles. The minimum Gasteiger partial charge on any atom is -0.380 e. The molecule has 0 aliphatic heterocycles. The average Bonchev–Trinajstić information content (AvgIpc) is 2.71. The van der Waals surface area contributed by atoms with Crippen molar-refractivity contribution in [3.8, 4) is 0 Å². The Morgan fingerprint density at radius 2 is 2.06 bits per heavy atom. The Labute approximate surface area is 104 Å². The van der Waals surface area contributed by atoms with E-state index in [4.69, 9.17) is 4.74 Å². The number of nitrogens with one attached hydrogen (secondary N) is 2. The van der Waals surface area contributed by atoms with Gasteiger partial charge in [-0.25, -0.2) is 13.1 Å². The molecular weight excluding hydrogens is 240 g/mol. The molecule has 0 aromatic heterocycles. The SMILES string of the molecule is CCCNCCS(=O)(=O)NC1CCCC1OC. The van der Waals surface area contributed by atoms with E-state index in [1.165, 1.54) is 0 Å². The van der Waals surface area contributed by atoms with Crippen LogP contribution in [0.2, 0.25) is 0 Å². The van der Waals surface area contributed by atoms with Crippen LogP contribution in [0, 0.1) is 0 Å². The Morgan fingerprint density at radius 3 is 2.71 bits per heavy atom. The molecule has 0 aromatic carbocycles. The van der Waals surface area contributed by atoms with E-state index >= 15 is 0 Å². The summed E-state index contributed by atoms with van der Waals surface area (Å²) in [7, 11) is -1.54. The lowest BCUT2D eigenvalue weighted by molar-refractivity contribution is 0.0916. The molecule has 1 aliphatic carbocycles. The van der Waals surface area contributed by atoms with Crippen LogP contribution < -0.4 is 10.0 Å². The van der Waals surface area contributed by atoms with Crippen molar-refractivity contribution in [2.45, 2.75) is 44.8 Å². The summed E-state index contributed by atoms with van der Waals surface area (Å²) in [5.74, 6) is 0.139. The molecule has 0 amide bonds. The molecule has 17 heavy (non-hydrogen) atoms. The van der Waals surface area contributed by atoms with Crippen molar-refractivity contribution in [1.29, 1.82) is 0 Å². The molecule has 1 fully saturated rings. The third-order valence-corrected chi connectivity index (χ3v) is 4.46. The van der Waals surface area contributed by atoms with Gasteiger partial charge in [-0.05, 0) is 32.2 Å². The smallest absolute Gasteiger partial charge is 0.213 e. The van der Waals surface area contributed by atoms with Crippen molar-refractivity contribution < 1.29 is 13.2 Å². The van der Waals surface area contributed by atoms with Gasteiger partial charge in [0, 0.05) is 19.7 Å². The molecule has 5 nitrogen and oxygen atoms in total. The molecule has 0 aromatic rings. The molecule has 1 rings (SSSR count). The van der Waals surface area contributed by atoms with Crippen LogP contribution in [0.1, 0.15) is 32.6 Å². The van der Waals surface area contributed by atoms with Crippen molar-refractivity contribution in [3.63, 3.8) is 0 Å². The van der Waals surface area contributed by atoms with Gasteiger partial charge >= 0.3 is 0 Å². The summed E-state index contributed by atoms with van der Waals surface area (Å²) in [4.78, 5) is 0. The summed E-state index contributed by atoms with van der Waals surface area (Å²) in [5.41, 5.74) is 0. The molecule has 2 unspecified atom stereocenters. The zero-order chi connectivity index (χ0) is 12.7. The predicted molar refractivity (Wildman–Crippen MR) is 68.5 cm³/mol. The fraction of sp³-hybridized carbons (Fsp3) is 1.00. The first-order valence-electron chi connectivity index (χ1n) is 6.32. The minimum atomic E-state index is -3.18. The first-order chi connectivity index (χ1) is 8.09. The number of sulfonamides is 1. The molecular formula is C11H24N2O3S. The van der Waals surface area contributed by atoms with Crippen molar-refractivity contribution in [2.24, 2.45) is 0 Å². The number of ether oxygens (including phenoxy) is 1. The lowest BCUT2D eigenvalue weighted by Crippen LogP contribution is -2.43. The summed E-state index contributed by atoms with van der Waals surface area (Å²) in [6, 6.07) is -0.0452. The molecule has 2 atom stereocenters. The molecule has 1 saturated carbocycles. The highest BCUT2D eigenvalue weighted by Crippen LogP contribution is 2.21. The number of rotatable bonds is 8. The highest BCUT2D eigenvalue weighted by Gasteiger charge is 2.30. The van der Waals surface area contributed by atoms with Gasteiger partial charge in [0.1, 0.15) is 0 Å². The molecule has 102 valence electrons. The number of methoxy groups -OCH3 is 1. The van der Waals surface area contributed by atoms with E-state index in [-0.39, 0.29) is 17.9 Å². The monoisotopic (exact) mass is 264 g/mol. The van der Waals surface area contributed by atoms with Gasteiger partial charge < -0.3 is 10.1 Å². The molecule has 0 saturated heterocycles. The first-order valence-corrected chi connectivity index (χ1v) is 7.98. The van der Waals surface area contributed by atoms with Gasteiger partial charge in [-0.15, -0.1) is 0 Å². The average molecular weight is 264 g/mol. The van der Waals surface area contributed by atoms with Crippen molar-refractivity contribution in [3.05, 3.63) is 0 Å². The molecule has 6 heteroatoms. The van der Waals surface area contributed by atoms with E-state index < -0.39 is 10.0 Å². The fourth-order valence-electron chi connectivity index (χ4n) is 2.14. The summed E-state index contributed by atoms with van der Waals surface area (Å²) in [6.45, 7) is 3.43. The highest BCUT2D eigenvalue weighted by molar-refractivity contribution is 7.89. The Balaban J connectivity index is 2.33. The second kappa shape index (κ2) is 7.31. The van der Waals surface area contributed by atoms with Gasteiger partial charge in [-0.3, -0.25) is 0 Å². The first kappa shape index (κ1) is 14.9. The van der Waals surface area contributed by atoms with E-state index in [9.17, 15) is 8.42 Å². The zero-order valence-electron chi connectivity index (χ0n) is 10.7. The van der Waals surface area contributed by atoms with E-state index in [0.29, 0.717) is 6.54 Å². The molecule has 0 spiro atoms. The summed E-state index contributed by atoms with van der Waals surface area (Å²) in [5, 5.41) is 3.09. The van der Waals surface area contributed by atoms with Gasteiger partial charge in [0.15, 0.2) is 0 Å². The Kier molecular flexibility index (Phi) is 6.40. The minimum absolute atomic E-state index is 0.0355. The number of hydrogen-bond donors (Lipinski definition) is 2. The summed E-state index contributed by atoms with van der Waals surface area (Å²) < 4.78 is 31.6. The third-order valence-electron chi connectivity index (χ3n) is 3.06. The van der Waals surface area contributed by atoms with Crippen molar-refractivity contribution in [2.75, 3.05) is 26.0 Å². The zero-order valence-corrected chi connectivity index (χ0v) is 11.6. The van der Waals surface area contributed by atoms with E-state index in [2.05, 4.69) is 17.0 Å². The van der Waals surface area contributed by atoms with Crippen molar-refractivity contribution in [1.82, 2.24) is 10.0 Å². The molecule has 2 N–H and O–H groups in total. The van der Waals surface area contributed by atoms with Gasteiger partial charge in [-0.1, -0.05) is 6.92 Å². The molecule has 0 radical (unpaired) electrons. The fourth-order valence-corrected chi connectivity index (χ4v) is 3.40. The molecule has 0 bridgehead atoms. The van der Waals surface area contributed by atoms with Crippen LogP contribution in [0.3, 0.4) is 0 Å². The van der Waals surface area contributed by atoms with Gasteiger partial charge in [-0.2, -0.15) is 0 Å². The Bertz CT molecular complexity index is 306. The lowest BCUT2D eigenvalue weighted by atomic mass is 10.2. The van der Waals surface area contributed by atoms with Crippen LogP contribution in [0.5, 0.6) is 0 Å². The largest absolute Gasteiger partial charge is 0.380 e.